The van der Waals surface area contributed by atoms with Crippen molar-refractivity contribution in [2.75, 3.05) is 0 Å². The fourth-order valence-corrected chi connectivity index (χ4v) is 2.12. The predicted octanol–water partition coefficient (Wildman–Crippen LogP) is 1.39. The second kappa shape index (κ2) is 5.07. The highest BCUT2D eigenvalue weighted by molar-refractivity contribution is 5.88. The van der Waals surface area contributed by atoms with Gasteiger partial charge in [-0.05, 0) is 26.8 Å². The van der Waals surface area contributed by atoms with E-state index in [2.05, 4.69) is 10.4 Å². The van der Waals surface area contributed by atoms with Crippen LogP contribution in [0, 0.1) is 0 Å². The maximum atomic E-state index is 12.0. The van der Waals surface area contributed by atoms with Gasteiger partial charge in [0.05, 0.1) is 17.5 Å². The van der Waals surface area contributed by atoms with Gasteiger partial charge in [0.2, 0.25) is 5.91 Å². The van der Waals surface area contributed by atoms with E-state index in [1.807, 2.05) is 39.0 Å². The Labute approximate surface area is 117 Å². The fourth-order valence-electron chi connectivity index (χ4n) is 2.12. The Bertz CT molecular complexity index is 711. The first-order chi connectivity index (χ1) is 9.28. The predicted molar refractivity (Wildman–Crippen MR) is 78.6 cm³/mol. The number of hydrogen-bond donors (Lipinski definition) is 1. The number of benzene rings is 1. The highest BCUT2D eigenvalue weighted by atomic mass is 16.2. The van der Waals surface area contributed by atoms with E-state index in [0.717, 1.165) is 5.39 Å². The van der Waals surface area contributed by atoms with Gasteiger partial charge in [0.1, 0.15) is 0 Å². The third kappa shape index (κ3) is 3.04. The van der Waals surface area contributed by atoms with E-state index in [4.69, 9.17) is 0 Å². The Morgan fingerprint density at radius 1 is 1.25 bits per heavy atom. The van der Waals surface area contributed by atoms with Crippen LogP contribution >= 0.6 is 0 Å². The standard InChI is InChI=1S/C15H19N3O2/c1-15(2,3)16-13(19)9-12-10-7-5-6-8-11(10)14(20)18(4)17-12/h5-8H,9H2,1-4H3,(H,16,19). The van der Waals surface area contributed by atoms with Gasteiger partial charge in [0.15, 0.2) is 0 Å². The topological polar surface area (TPSA) is 64.0 Å². The lowest BCUT2D eigenvalue weighted by molar-refractivity contribution is -0.121. The molecule has 2 rings (SSSR count). The van der Waals surface area contributed by atoms with E-state index in [1.54, 1.807) is 13.1 Å². The van der Waals surface area contributed by atoms with Crippen LogP contribution in [-0.4, -0.2) is 21.2 Å². The Kier molecular flexibility index (Phi) is 3.61. The molecule has 0 fully saturated rings. The first-order valence-corrected chi connectivity index (χ1v) is 6.54. The highest BCUT2D eigenvalue weighted by Gasteiger charge is 2.16. The van der Waals surface area contributed by atoms with Crippen LogP contribution in [-0.2, 0) is 18.3 Å². The van der Waals surface area contributed by atoms with Crippen molar-refractivity contribution in [3.8, 4) is 0 Å². The molecule has 1 heterocycles. The van der Waals surface area contributed by atoms with Crippen LogP contribution in [0.25, 0.3) is 10.8 Å². The van der Waals surface area contributed by atoms with Crippen molar-refractivity contribution < 1.29 is 4.79 Å². The van der Waals surface area contributed by atoms with Crippen molar-refractivity contribution in [1.29, 1.82) is 0 Å². The second-order valence-corrected chi connectivity index (χ2v) is 5.90. The SMILES string of the molecule is Cn1nc(CC(=O)NC(C)(C)C)c2ccccc2c1=O. The normalized spacial score (nSPS) is 11.6. The van der Waals surface area contributed by atoms with E-state index in [9.17, 15) is 9.59 Å². The molecule has 0 spiro atoms. The molecule has 0 saturated heterocycles. The van der Waals surface area contributed by atoms with Crippen LogP contribution in [0.3, 0.4) is 0 Å². The van der Waals surface area contributed by atoms with Gasteiger partial charge < -0.3 is 5.32 Å². The van der Waals surface area contributed by atoms with Crippen LogP contribution in [0.4, 0.5) is 0 Å². The number of hydrogen-bond acceptors (Lipinski definition) is 3. The molecule has 5 nitrogen and oxygen atoms in total. The molecule has 0 bridgehead atoms. The summed E-state index contributed by atoms with van der Waals surface area (Å²) in [7, 11) is 1.60. The number of carbonyl (C=O) groups is 1. The van der Waals surface area contributed by atoms with Crippen LogP contribution in [0.15, 0.2) is 29.1 Å². The first kappa shape index (κ1) is 14.2. The number of nitrogens with zero attached hydrogens (tertiary/aromatic N) is 2. The van der Waals surface area contributed by atoms with Gasteiger partial charge in [-0.1, -0.05) is 18.2 Å². The third-order valence-electron chi connectivity index (χ3n) is 2.88. The minimum atomic E-state index is -0.284. The number of nitrogens with one attached hydrogen (secondary N) is 1. The summed E-state index contributed by atoms with van der Waals surface area (Å²) in [5.41, 5.74) is 0.179. The Balaban J connectivity index is 2.43. The fraction of sp³-hybridized carbons (Fsp3) is 0.400. The summed E-state index contributed by atoms with van der Waals surface area (Å²) in [5, 5.41) is 8.44. The summed E-state index contributed by atoms with van der Waals surface area (Å²) in [5.74, 6) is -0.103. The number of amides is 1. The Hall–Kier alpha value is -2.17. The quantitative estimate of drug-likeness (QED) is 0.899. The molecule has 1 amide bonds. The Morgan fingerprint density at radius 3 is 2.45 bits per heavy atom. The lowest BCUT2D eigenvalue weighted by Crippen LogP contribution is -2.41. The van der Waals surface area contributed by atoms with Crippen molar-refractivity contribution in [3.63, 3.8) is 0 Å². The lowest BCUT2D eigenvalue weighted by atomic mass is 10.1. The molecule has 5 heteroatoms. The number of aryl methyl sites for hydroxylation is 1. The smallest absolute Gasteiger partial charge is 0.274 e. The van der Waals surface area contributed by atoms with E-state index in [1.165, 1.54) is 4.68 Å². The van der Waals surface area contributed by atoms with Gasteiger partial charge in [0, 0.05) is 18.0 Å². The van der Waals surface area contributed by atoms with Crippen LogP contribution in [0.2, 0.25) is 0 Å². The molecular weight excluding hydrogens is 254 g/mol. The lowest BCUT2D eigenvalue weighted by Gasteiger charge is -2.20. The molecular formula is C15H19N3O2. The number of rotatable bonds is 2. The molecule has 0 unspecified atom stereocenters. The van der Waals surface area contributed by atoms with Crippen LogP contribution in [0.1, 0.15) is 26.5 Å². The van der Waals surface area contributed by atoms with Crippen molar-refractivity contribution in [2.45, 2.75) is 32.7 Å². The number of aromatic nitrogens is 2. The van der Waals surface area contributed by atoms with Gasteiger partial charge in [-0.3, -0.25) is 9.59 Å². The molecule has 0 atom stereocenters. The summed E-state index contributed by atoms with van der Waals surface area (Å²) >= 11 is 0. The summed E-state index contributed by atoms with van der Waals surface area (Å²) < 4.78 is 1.28. The number of carbonyl (C=O) groups excluding carboxylic acids is 1. The monoisotopic (exact) mass is 273 g/mol. The molecule has 0 aliphatic rings. The zero-order valence-electron chi connectivity index (χ0n) is 12.2. The number of fused-ring (bicyclic) bond motifs is 1. The molecule has 20 heavy (non-hydrogen) atoms. The van der Waals surface area contributed by atoms with Crippen LogP contribution in [0.5, 0.6) is 0 Å². The van der Waals surface area contributed by atoms with E-state index in [-0.39, 0.29) is 23.4 Å². The van der Waals surface area contributed by atoms with E-state index >= 15 is 0 Å². The van der Waals surface area contributed by atoms with Crippen LogP contribution < -0.4 is 10.9 Å². The molecule has 0 aliphatic heterocycles. The summed E-state index contributed by atoms with van der Waals surface area (Å²) in [4.78, 5) is 24.0. The summed E-state index contributed by atoms with van der Waals surface area (Å²) in [6.07, 6.45) is 0.159. The molecule has 2 aromatic rings. The molecule has 1 aromatic carbocycles. The second-order valence-electron chi connectivity index (χ2n) is 5.90. The van der Waals surface area contributed by atoms with Gasteiger partial charge in [-0.25, -0.2) is 4.68 Å². The van der Waals surface area contributed by atoms with Crippen molar-refractivity contribution >= 4 is 16.7 Å². The molecule has 1 aromatic heterocycles. The minimum absolute atomic E-state index is 0.103. The van der Waals surface area contributed by atoms with Gasteiger partial charge >= 0.3 is 0 Å². The Morgan fingerprint density at radius 2 is 1.85 bits per heavy atom. The van der Waals surface area contributed by atoms with Crippen molar-refractivity contribution in [1.82, 2.24) is 15.1 Å². The van der Waals surface area contributed by atoms with Crippen molar-refractivity contribution in [2.24, 2.45) is 7.05 Å². The maximum absolute atomic E-state index is 12.0. The molecule has 0 saturated carbocycles. The molecule has 0 radical (unpaired) electrons. The zero-order chi connectivity index (χ0) is 14.9. The summed E-state index contributed by atoms with van der Waals surface area (Å²) in [6, 6.07) is 7.23. The van der Waals surface area contributed by atoms with E-state index < -0.39 is 0 Å². The zero-order valence-corrected chi connectivity index (χ0v) is 12.2. The minimum Gasteiger partial charge on any atom is -0.351 e. The van der Waals surface area contributed by atoms with Gasteiger partial charge in [0.25, 0.3) is 5.56 Å². The molecule has 1 N–H and O–H groups in total. The van der Waals surface area contributed by atoms with E-state index in [0.29, 0.717) is 11.1 Å². The van der Waals surface area contributed by atoms with Gasteiger partial charge in [-0.15, -0.1) is 0 Å². The molecule has 0 aliphatic carbocycles. The largest absolute Gasteiger partial charge is 0.351 e. The average Bonchev–Trinajstić information content (AvgIpc) is 2.33. The first-order valence-electron chi connectivity index (χ1n) is 6.54. The molecule has 106 valence electrons. The average molecular weight is 273 g/mol. The van der Waals surface area contributed by atoms with Crippen molar-refractivity contribution in [3.05, 3.63) is 40.3 Å². The van der Waals surface area contributed by atoms with Gasteiger partial charge in [-0.2, -0.15) is 5.10 Å². The third-order valence-corrected chi connectivity index (χ3v) is 2.88. The highest BCUT2D eigenvalue weighted by Crippen LogP contribution is 2.13. The maximum Gasteiger partial charge on any atom is 0.274 e. The summed E-state index contributed by atoms with van der Waals surface area (Å²) in [6.45, 7) is 5.78.